The molecule has 0 aromatic rings. The minimum absolute atomic E-state index is 0. The molecular formula is C12H29O2PS2Zn. The first-order chi connectivity index (χ1) is 7.54. The molecule has 0 radical (unpaired) electrons. The largest absolute Gasteiger partial charge is 2.00 e. The van der Waals surface area contributed by atoms with Gasteiger partial charge in [0.05, 0.1) is 0 Å². The molecule has 0 rings (SSSR count). The monoisotopic (exact) mass is 364 g/mol. The van der Waals surface area contributed by atoms with E-state index >= 15 is 0 Å². The molecular weight excluding hydrogens is 337 g/mol. The number of unbranched alkanes of at least 4 members (excludes halogenated alkanes) is 1. The molecule has 0 aliphatic heterocycles. The molecule has 18 heavy (non-hydrogen) atoms. The molecule has 6 heteroatoms. The minimum Gasteiger partial charge on any atom is -0.341 e. The predicted octanol–water partition coefficient (Wildman–Crippen LogP) is 4.64. The van der Waals surface area contributed by atoms with E-state index in [1.807, 2.05) is 0 Å². The summed E-state index contributed by atoms with van der Waals surface area (Å²) >= 11 is 7.07. The normalized spacial score (nSPS) is 11.4. The van der Waals surface area contributed by atoms with E-state index in [2.05, 4.69) is 65.6 Å². The fourth-order valence-electron chi connectivity index (χ4n) is 0.697. The summed E-state index contributed by atoms with van der Waals surface area (Å²) in [6, 6.07) is 0. The second-order valence-electron chi connectivity index (χ2n) is 4.32. The molecule has 0 saturated carbocycles. The first-order valence-electron chi connectivity index (χ1n) is 5.98. The average Bonchev–Trinajstić information content (AvgIpc) is 2.10. The molecule has 2 nitrogen and oxygen atoms in total. The maximum atomic E-state index is 7.87. The smallest absolute Gasteiger partial charge is 0.341 e. The summed E-state index contributed by atoms with van der Waals surface area (Å²) in [6.45, 7) is 16.2. The summed E-state index contributed by atoms with van der Waals surface area (Å²) < 4.78 is 0. The van der Waals surface area contributed by atoms with Crippen LogP contribution in [0.1, 0.15) is 53.4 Å². The van der Waals surface area contributed by atoms with E-state index in [0.717, 1.165) is 0 Å². The van der Waals surface area contributed by atoms with Gasteiger partial charge in [0, 0.05) is 0 Å². The third kappa shape index (κ3) is 84.4. The predicted molar refractivity (Wildman–Crippen MR) is 86.6 cm³/mol. The molecule has 0 aromatic carbocycles. The maximum absolute atomic E-state index is 7.87. The van der Waals surface area contributed by atoms with Crippen molar-refractivity contribution >= 4 is 29.7 Å². The van der Waals surface area contributed by atoms with Crippen LogP contribution >= 0.6 is 17.9 Å². The van der Waals surface area contributed by atoms with Crippen LogP contribution < -0.4 is 0 Å². The second-order valence-corrected chi connectivity index (χ2v) is 9.36. The summed E-state index contributed by atoms with van der Waals surface area (Å²) in [5.41, 5.74) is -3.11. The van der Waals surface area contributed by atoms with Crippen LogP contribution in [0.4, 0.5) is 0 Å². The van der Waals surface area contributed by atoms with Crippen LogP contribution in [0.5, 0.6) is 0 Å². The van der Waals surface area contributed by atoms with Crippen LogP contribution in [0.15, 0.2) is 0 Å². The summed E-state index contributed by atoms with van der Waals surface area (Å²) in [5.74, 6) is 1.29. The van der Waals surface area contributed by atoms with Crippen molar-refractivity contribution in [3.8, 4) is 0 Å². The molecule has 0 saturated heterocycles. The van der Waals surface area contributed by atoms with Gasteiger partial charge >= 0.3 is 19.5 Å². The first kappa shape index (κ1) is 27.8. The van der Waals surface area contributed by atoms with Crippen molar-refractivity contribution in [2.45, 2.75) is 53.4 Å². The summed E-state index contributed by atoms with van der Waals surface area (Å²) in [7, 11) is 0. The van der Waals surface area contributed by atoms with Crippen molar-refractivity contribution in [3.05, 3.63) is 13.8 Å². The minimum atomic E-state index is -3.11. The Labute approximate surface area is 137 Å². The Morgan fingerprint density at radius 3 is 1.67 bits per heavy atom. The number of rotatable bonds is 4. The van der Waals surface area contributed by atoms with Crippen LogP contribution in [0.2, 0.25) is 0 Å². The van der Waals surface area contributed by atoms with Gasteiger partial charge < -0.3 is 23.6 Å². The standard InChI is InChI=1S/C8H17.C4H9.H3O2PS2.Zn/c1-4-6-7-8(3)5-2;1-4(2)3;1-3(2,4)5;/h8H,3-7H2,1-2H3;4H,1H2,2-3H3;(H3,1,2,4,5);/q2*-1;;+2. The van der Waals surface area contributed by atoms with E-state index in [9.17, 15) is 0 Å². The SMILES string of the molecule is OP(O)(=S)S.[CH2-]C(C)C.[CH2-]C(CC)CCCC.[Zn+2]. The zero-order valence-corrected chi connectivity index (χ0v) is 17.9. The Hall–Kier alpha value is 1.54. The molecule has 0 spiro atoms. The molecule has 0 aliphatic carbocycles. The Kier molecular flexibility index (Phi) is 28.7. The first-order valence-corrected chi connectivity index (χ1v) is 9.85. The van der Waals surface area contributed by atoms with Gasteiger partial charge in [0.15, 0.2) is 0 Å². The quantitative estimate of drug-likeness (QED) is 0.294. The number of hydrogen-bond donors (Lipinski definition) is 3. The van der Waals surface area contributed by atoms with Crippen LogP contribution in [-0.2, 0) is 31.3 Å². The van der Waals surface area contributed by atoms with Gasteiger partial charge in [-0.15, -0.1) is 0 Å². The van der Waals surface area contributed by atoms with Gasteiger partial charge in [0.1, 0.15) is 0 Å². The van der Waals surface area contributed by atoms with E-state index in [1.54, 1.807) is 0 Å². The Morgan fingerprint density at radius 1 is 1.22 bits per heavy atom. The average molecular weight is 366 g/mol. The van der Waals surface area contributed by atoms with Gasteiger partial charge in [-0.3, -0.25) is 0 Å². The van der Waals surface area contributed by atoms with Crippen molar-refractivity contribution in [1.82, 2.24) is 0 Å². The topological polar surface area (TPSA) is 40.5 Å². The number of hydrogen-bond acceptors (Lipinski definition) is 1. The summed E-state index contributed by atoms with van der Waals surface area (Å²) in [5, 5.41) is 0. The van der Waals surface area contributed by atoms with Crippen molar-refractivity contribution in [2.75, 3.05) is 0 Å². The van der Waals surface area contributed by atoms with E-state index in [4.69, 9.17) is 9.79 Å². The van der Waals surface area contributed by atoms with E-state index in [-0.39, 0.29) is 19.5 Å². The third-order valence-electron chi connectivity index (χ3n) is 1.54. The molecule has 0 bridgehead atoms. The molecule has 2 N–H and O–H groups in total. The van der Waals surface area contributed by atoms with Crippen LogP contribution in [-0.4, -0.2) is 9.79 Å². The van der Waals surface area contributed by atoms with Crippen molar-refractivity contribution in [2.24, 2.45) is 11.8 Å². The fourth-order valence-corrected chi connectivity index (χ4v) is 0.697. The van der Waals surface area contributed by atoms with Crippen LogP contribution in [0, 0.1) is 25.7 Å². The Balaban J connectivity index is -0.0000000855. The van der Waals surface area contributed by atoms with E-state index in [0.29, 0.717) is 11.8 Å². The van der Waals surface area contributed by atoms with Crippen molar-refractivity contribution < 1.29 is 29.3 Å². The fraction of sp³-hybridized carbons (Fsp3) is 0.833. The molecule has 1 atom stereocenters. The Morgan fingerprint density at radius 2 is 1.50 bits per heavy atom. The molecule has 0 amide bonds. The van der Waals surface area contributed by atoms with Crippen LogP contribution in [0.25, 0.3) is 0 Å². The van der Waals surface area contributed by atoms with Crippen molar-refractivity contribution in [3.63, 3.8) is 0 Å². The molecule has 1 unspecified atom stereocenters. The molecule has 0 aliphatic rings. The third-order valence-corrected chi connectivity index (χ3v) is 1.54. The van der Waals surface area contributed by atoms with Gasteiger partial charge in [-0.2, -0.15) is 11.8 Å². The van der Waals surface area contributed by atoms with Gasteiger partial charge in [-0.25, -0.2) is 0 Å². The van der Waals surface area contributed by atoms with E-state index in [1.165, 1.54) is 25.7 Å². The van der Waals surface area contributed by atoms with Crippen molar-refractivity contribution in [1.29, 1.82) is 0 Å². The summed E-state index contributed by atoms with van der Waals surface area (Å²) in [6.07, 6.45) is 5.21. The molecule has 0 fully saturated rings. The van der Waals surface area contributed by atoms with Gasteiger partial charge in [-0.05, 0) is 11.8 Å². The molecule has 108 valence electrons. The number of thiol groups is 1. The zero-order chi connectivity index (χ0) is 14.5. The molecule has 0 heterocycles. The Bertz CT molecular complexity index is 176. The van der Waals surface area contributed by atoms with E-state index < -0.39 is 5.69 Å². The summed E-state index contributed by atoms with van der Waals surface area (Å²) in [4.78, 5) is 15.7. The maximum Gasteiger partial charge on any atom is 2.00 e. The van der Waals surface area contributed by atoms with Gasteiger partial charge in [-0.1, -0.05) is 65.6 Å². The van der Waals surface area contributed by atoms with Gasteiger partial charge in [0.2, 0.25) is 5.69 Å². The van der Waals surface area contributed by atoms with Crippen LogP contribution in [0.3, 0.4) is 0 Å². The molecule has 0 aromatic heterocycles. The van der Waals surface area contributed by atoms with Gasteiger partial charge in [0.25, 0.3) is 0 Å². The second kappa shape index (κ2) is 18.5. The zero-order valence-electron chi connectivity index (χ0n) is 12.3.